The van der Waals surface area contributed by atoms with Gasteiger partial charge in [0, 0.05) is 47.9 Å². The third-order valence-corrected chi connectivity index (χ3v) is 10.8. The highest BCUT2D eigenvalue weighted by molar-refractivity contribution is 7.91. The summed E-state index contributed by atoms with van der Waals surface area (Å²) >= 11 is 1.51. The van der Waals surface area contributed by atoms with Crippen molar-refractivity contribution in [3.63, 3.8) is 0 Å². The van der Waals surface area contributed by atoms with Crippen LogP contribution in [0.25, 0.3) is 10.6 Å². The van der Waals surface area contributed by atoms with Crippen LogP contribution in [0.3, 0.4) is 0 Å². The minimum Gasteiger partial charge on any atom is -0.347 e. The molecule has 11 heteroatoms. The fourth-order valence-corrected chi connectivity index (χ4v) is 7.82. The van der Waals surface area contributed by atoms with Gasteiger partial charge in [-0.25, -0.2) is 13.4 Å². The lowest BCUT2D eigenvalue weighted by Gasteiger charge is -2.42. The molecule has 0 bridgehead atoms. The van der Waals surface area contributed by atoms with Gasteiger partial charge in [-0.05, 0) is 56.4 Å². The Hall–Kier alpha value is -3.90. The van der Waals surface area contributed by atoms with Crippen LogP contribution >= 0.6 is 11.3 Å². The maximum Gasteiger partial charge on any atom is 0.257 e. The maximum absolute atomic E-state index is 13.3. The van der Waals surface area contributed by atoms with E-state index < -0.39 is 15.7 Å². The van der Waals surface area contributed by atoms with Gasteiger partial charge in [0.15, 0.2) is 0 Å². The van der Waals surface area contributed by atoms with E-state index in [1.54, 1.807) is 25.3 Å². The SMILES string of the molecule is Cc1c(C(=O)NCc2cnc(-c3ccc(CN4CC(N(C)C)C4)cc3)s2)ccc2c1NC(=O)c1ccccc1S2(=O)=O. The average Bonchev–Trinajstić information content (AvgIpc) is 3.40. The number of hydrogen-bond acceptors (Lipinski definition) is 8. The zero-order chi connectivity index (χ0) is 29.6. The molecule has 3 aromatic carbocycles. The molecule has 6 rings (SSSR count). The summed E-state index contributed by atoms with van der Waals surface area (Å²) in [6, 6.07) is 18.0. The van der Waals surface area contributed by atoms with Crippen LogP contribution in [0.1, 0.15) is 36.7 Å². The lowest BCUT2D eigenvalue weighted by molar-refractivity contribution is 0.0574. The molecule has 2 N–H and O–H groups in total. The van der Waals surface area contributed by atoms with Gasteiger partial charge < -0.3 is 15.5 Å². The van der Waals surface area contributed by atoms with Crippen molar-refractivity contribution in [1.29, 1.82) is 0 Å². The fourth-order valence-electron chi connectivity index (χ4n) is 5.29. The quantitative estimate of drug-likeness (QED) is 0.327. The number of thiazole rings is 1. The minimum atomic E-state index is -3.95. The number of likely N-dealkylation sites (N-methyl/N-ethyl adjacent to an activating group) is 1. The Kier molecular flexibility index (Phi) is 7.44. The van der Waals surface area contributed by atoms with E-state index in [9.17, 15) is 18.0 Å². The second-order valence-corrected chi connectivity index (χ2v) is 13.9. The van der Waals surface area contributed by atoms with E-state index in [-0.39, 0.29) is 39.1 Å². The molecule has 1 fully saturated rings. The van der Waals surface area contributed by atoms with Crippen LogP contribution in [-0.4, -0.2) is 68.2 Å². The van der Waals surface area contributed by atoms with E-state index in [0.717, 1.165) is 35.1 Å². The van der Waals surface area contributed by atoms with Gasteiger partial charge in [0.2, 0.25) is 9.84 Å². The Labute approximate surface area is 249 Å². The number of fused-ring (bicyclic) bond motifs is 2. The predicted octanol–water partition coefficient (Wildman–Crippen LogP) is 4.19. The molecule has 2 amide bonds. The van der Waals surface area contributed by atoms with E-state index in [4.69, 9.17) is 0 Å². The molecule has 0 radical (unpaired) electrons. The third-order valence-electron chi connectivity index (χ3n) is 7.87. The van der Waals surface area contributed by atoms with Crippen molar-refractivity contribution in [2.45, 2.75) is 35.8 Å². The van der Waals surface area contributed by atoms with Gasteiger partial charge >= 0.3 is 0 Å². The molecular formula is C31H31N5O4S2. The van der Waals surface area contributed by atoms with Crippen molar-refractivity contribution in [2.24, 2.45) is 0 Å². The van der Waals surface area contributed by atoms with Crippen LogP contribution < -0.4 is 10.6 Å². The Morgan fingerprint density at radius 1 is 1.07 bits per heavy atom. The number of benzene rings is 3. The average molecular weight is 602 g/mol. The summed E-state index contributed by atoms with van der Waals surface area (Å²) in [7, 11) is 0.287. The van der Waals surface area contributed by atoms with Gasteiger partial charge in [0.1, 0.15) is 5.01 Å². The Morgan fingerprint density at radius 3 is 2.55 bits per heavy atom. The highest BCUT2D eigenvalue weighted by Crippen LogP contribution is 2.37. The molecular weight excluding hydrogens is 571 g/mol. The fraction of sp³-hybridized carbons (Fsp3) is 0.258. The summed E-state index contributed by atoms with van der Waals surface area (Å²) in [5.41, 5.74) is 3.16. The molecule has 0 saturated carbocycles. The second kappa shape index (κ2) is 11.1. The van der Waals surface area contributed by atoms with E-state index in [0.29, 0.717) is 11.6 Å². The molecule has 9 nitrogen and oxygen atoms in total. The summed E-state index contributed by atoms with van der Waals surface area (Å²) in [6.07, 6.45) is 1.75. The van der Waals surface area contributed by atoms with Crippen molar-refractivity contribution in [2.75, 3.05) is 32.5 Å². The molecule has 3 heterocycles. The number of carbonyl (C=O) groups is 2. The second-order valence-electron chi connectivity index (χ2n) is 10.9. The minimum absolute atomic E-state index is 0.0319. The summed E-state index contributed by atoms with van der Waals surface area (Å²) in [4.78, 5) is 36.1. The number of carbonyl (C=O) groups excluding carboxylic acids is 2. The zero-order valence-corrected chi connectivity index (χ0v) is 25.2. The molecule has 1 saturated heterocycles. The van der Waals surface area contributed by atoms with E-state index in [2.05, 4.69) is 63.8 Å². The Morgan fingerprint density at radius 2 is 1.81 bits per heavy atom. The smallest absolute Gasteiger partial charge is 0.257 e. The first kappa shape index (κ1) is 28.2. The number of aromatic nitrogens is 1. The number of likely N-dealkylation sites (tertiary alicyclic amines) is 1. The monoisotopic (exact) mass is 601 g/mol. The van der Waals surface area contributed by atoms with Crippen molar-refractivity contribution in [1.82, 2.24) is 20.1 Å². The van der Waals surface area contributed by atoms with Gasteiger partial charge in [-0.3, -0.25) is 14.5 Å². The molecule has 2 aliphatic rings. The molecule has 2 aliphatic heterocycles. The lowest BCUT2D eigenvalue weighted by atomic mass is 10.1. The first-order valence-electron chi connectivity index (χ1n) is 13.6. The topological polar surface area (TPSA) is 112 Å². The molecule has 4 aromatic rings. The first-order valence-corrected chi connectivity index (χ1v) is 15.9. The summed E-state index contributed by atoms with van der Waals surface area (Å²) in [5, 5.41) is 6.49. The van der Waals surface area contributed by atoms with Gasteiger partial charge in [0.05, 0.1) is 27.6 Å². The number of sulfone groups is 1. The van der Waals surface area contributed by atoms with Gasteiger partial charge in [0.25, 0.3) is 11.8 Å². The third kappa shape index (κ3) is 5.24. The van der Waals surface area contributed by atoms with Crippen molar-refractivity contribution in [3.8, 4) is 10.6 Å². The van der Waals surface area contributed by atoms with Crippen LogP contribution in [0.5, 0.6) is 0 Å². The number of amides is 2. The van der Waals surface area contributed by atoms with Gasteiger partial charge in [-0.1, -0.05) is 36.4 Å². The molecule has 216 valence electrons. The van der Waals surface area contributed by atoms with Crippen LogP contribution in [0.15, 0.2) is 76.7 Å². The van der Waals surface area contributed by atoms with Crippen LogP contribution in [0, 0.1) is 6.92 Å². The van der Waals surface area contributed by atoms with Crippen LogP contribution in [0.4, 0.5) is 5.69 Å². The molecule has 0 aliphatic carbocycles. The van der Waals surface area contributed by atoms with E-state index in [1.807, 2.05) is 0 Å². The van der Waals surface area contributed by atoms with Crippen molar-refractivity contribution < 1.29 is 18.0 Å². The molecule has 42 heavy (non-hydrogen) atoms. The maximum atomic E-state index is 13.3. The Bertz CT molecular complexity index is 1790. The summed E-state index contributed by atoms with van der Waals surface area (Å²) in [6.45, 7) is 5.01. The van der Waals surface area contributed by atoms with E-state index in [1.165, 1.54) is 41.2 Å². The number of rotatable bonds is 7. The Balaban J connectivity index is 1.12. The largest absolute Gasteiger partial charge is 0.347 e. The number of nitrogens with one attached hydrogen (secondary N) is 2. The normalized spacial score (nSPS) is 16.2. The van der Waals surface area contributed by atoms with Crippen molar-refractivity contribution >= 4 is 38.7 Å². The molecule has 1 aromatic heterocycles. The number of anilines is 1. The zero-order valence-electron chi connectivity index (χ0n) is 23.5. The van der Waals surface area contributed by atoms with Crippen LogP contribution in [0.2, 0.25) is 0 Å². The highest BCUT2D eigenvalue weighted by atomic mass is 32.2. The lowest BCUT2D eigenvalue weighted by Crippen LogP contribution is -2.56. The van der Waals surface area contributed by atoms with Gasteiger partial charge in [-0.2, -0.15) is 0 Å². The number of nitrogens with zero attached hydrogens (tertiary/aromatic N) is 3. The molecule has 0 unspecified atom stereocenters. The molecule has 0 atom stereocenters. The van der Waals surface area contributed by atoms with Crippen molar-refractivity contribution in [3.05, 3.63) is 94.0 Å². The summed E-state index contributed by atoms with van der Waals surface area (Å²) in [5.74, 6) is -0.900. The first-order chi connectivity index (χ1) is 20.1. The standard InChI is InChI=1S/C31H31N5O4S2/c1-19-24(12-13-27-28(19)34-30(38)25-6-4-5-7-26(25)42(27,39)40)29(37)32-14-23-15-33-31(41-23)21-10-8-20(9-11-21)16-36-17-22(18-36)35(2)3/h4-13,15,22H,14,16-18H2,1-3H3,(H,32,37)(H,34,38). The molecule has 0 spiro atoms. The summed E-state index contributed by atoms with van der Waals surface area (Å²) < 4.78 is 26.7. The highest BCUT2D eigenvalue weighted by Gasteiger charge is 2.33. The van der Waals surface area contributed by atoms with Gasteiger partial charge in [-0.15, -0.1) is 11.3 Å². The predicted molar refractivity (Wildman–Crippen MR) is 162 cm³/mol. The van der Waals surface area contributed by atoms with E-state index >= 15 is 0 Å². The number of hydrogen-bond donors (Lipinski definition) is 2. The van der Waals surface area contributed by atoms with Crippen LogP contribution in [-0.2, 0) is 22.9 Å².